The van der Waals surface area contributed by atoms with Gasteiger partial charge >= 0.3 is 12.1 Å². The van der Waals surface area contributed by atoms with Crippen molar-refractivity contribution in [2.45, 2.75) is 38.8 Å². The third-order valence-electron chi connectivity index (χ3n) is 7.33. The van der Waals surface area contributed by atoms with Crippen molar-refractivity contribution < 1.29 is 19.1 Å². The van der Waals surface area contributed by atoms with Gasteiger partial charge in [-0.1, -0.05) is 12.1 Å². The van der Waals surface area contributed by atoms with Crippen LogP contribution in [0.2, 0.25) is 0 Å². The van der Waals surface area contributed by atoms with Crippen LogP contribution in [0.25, 0.3) is 0 Å². The predicted molar refractivity (Wildman–Crippen MR) is 166 cm³/mol. The van der Waals surface area contributed by atoms with E-state index in [4.69, 9.17) is 14.5 Å². The number of rotatable bonds is 6. The van der Waals surface area contributed by atoms with Crippen LogP contribution in [0.15, 0.2) is 59.9 Å². The number of fused-ring (bicyclic) bond motifs is 1. The lowest BCUT2D eigenvalue weighted by Crippen LogP contribution is -2.60. The number of hydrogen-bond donors (Lipinski definition) is 3. The third-order valence-corrected chi connectivity index (χ3v) is 7.33. The van der Waals surface area contributed by atoms with Gasteiger partial charge in [-0.3, -0.25) is 5.32 Å². The van der Waals surface area contributed by atoms with Crippen LogP contribution in [-0.4, -0.2) is 78.8 Å². The highest BCUT2D eigenvalue weighted by molar-refractivity contribution is 6.08. The number of aliphatic imine (C=N–C) groups is 1. The number of benzene rings is 1. The van der Waals surface area contributed by atoms with Gasteiger partial charge in [-0.2, -0.15) is 0 Å². The molecule has 0 radical (unpaired) electrons. The number of pyridine rings is 2. The molecule has 2 aromatic heterocycles. The second-order valence-electron chi connectivity index (χ2n) is 11.8. The molecule has 2 fully saturated rings. The summed E-state index contributed by atoms with van der Waals surface area (Å²) < 4.78 is 10.8. The van der Waals surface area contributed by atoms with E-state index in [1.165, 1.54) is 0 Å². The van der Waals surface area contributed by atoms with Crippen LogP contribution in [0.1, 0.15) is 31.9 Å². The van der Waals surface area contributed by atoms with Crippen molar-refractivity contribution in [3.63, 3.8) is 0 Å². The molecule has 3 aliphatic heterocycles. The molecular weight excluding hydrogens is 548 g/mol. The number of anilines is 4. The van der Waals surface area contributed by atoms with Crippen molar-refractivity contribution in [2.75, 3.05) is 59.8 Å². The minimum atomic E-state index is -0.537. The zero-order valence-electron chi connectivity index (χ0n) is 24.6. The molecular formula is C31H36N8O4. The zero-order valence-corrected chi connectivity index (χ0v) is 24.6. The van der Waals surface area contributed by atoms with Crippen LogP contribution in [0.5, 0.6) is 0 Å². The summed E-state index contributed by atoms with van der Waals surface area (Å²) in [5.41, 5.74) is 5.09. The summed E-state index contributed by atoms with van der Waals surface area (Å²) in [6.45, 7) is 9.79. The van der Waals surface area contributed by atoms with Gasteiger partial charge in [0.05, 0.1) is 25.0 Å². The van der Waals surface area contributed by atoms with E-state index >= 15 is 0 Å². The first-order valence-corrected chi connectivity index (χ1v) is 14.5. The molecule has 43 heavy (non-hydrogen) atoms. The van der Waals surface area contributed by atoms with Gasteiger partial charge in [0.15, 0.2) is 5.82 Å². The van der Waals surface area contributed by atoms with E-state index in [2.05, 4.69) is 35.7 Å². The van der Waals surface area contributed by atoms with Gasteiger partial charge in [0.2, 0.25) is 0 Å². The summed E-state index contributed by atoms with van der Waals surface area (Å²) in [6.07, 6.45) is 3.81. The Morgan fingerprint density at radius 3 is 2.44 bits per heavy atom. The van der Waals surface area contributed by atoms with Crippen molar-refractivity contribution >= 4 is 46.5 Å². The monoisotopic (exact) mass is 584 g/mol. The number of morpholine rings is 1. The van der Waals surface area contributed by atoms with E-state index in [1.807, 2.05) is 69.4 Å². The Morgan fingerprint density at radius 1 is 0.953 bits per heavy atom. The maximum Gasteiger partial charge on any atom is 0.407 e. The molecule has 12 nitrogen and oxygen atoms in total. The maximum atomic E-state index is 12.7. The van der Waals surface area contributed by atoms with E-state index in [-0.39, 0.29) is 6.04 Å². The van der Waals surface area contributed by atoms with Crippen LogP contribution in [-0.2, 0) is 15.9 Å². The highest BCUT2D eigenvalue weighted by Crippen LogP contribution is 2.36. The summed E-state index contributed by atoms with van der Waals surface area (Å²) in [4.78, 5) is 42.9. The van der Waals surface area contributed by atoms with Crippen molar-refractivity contribution in [3.05, 3.63) is 66.0 Å². The van der Waals surface area contributed by atoms with Crippen LogP contribution in [0, 0.1) is 0 Å². The van der Waals surface area contributed by atoms with Crippen molar-refractivity contribution in [1.29, 1.82) is 0 Å². The molecule has 0 atom stereocenters. The zero-order chi connectivity index (χ0) is 30.0. The number of carbonyl (C=O) groups excluding carboxylic acids is 2. The van der Waals surface area contributed by atoms with Crippen LogP contribution in [0.4, 0.5) is 38.3 Å². The molecule has 3 amide bonds. The van der Waals surface area contributed by atoms with E-state index in [1.54, 1.807) is 6.20 Å². The van der Waals surface area contributed by atoms with E-state index in [9.17, 15) is 9.59 Å². The topological polar surface area (TPSA) is 133 Å². The number of urea groups is 1. The fourth-order valence-electron chi connectivity index (χ4n) is 5.24. The van der Waals surface area contributed by atoms with Crippen LogP contribution < -0.4 is 25.8 Å². The summed E-state index contributed by atoms with van der Waals surface area (Å²) >= 11 is 0. The molecule has 2 saturated heterocycles. The van der Waals surface area contributed by atoms with Gasteiger partial charge in [0, 0.05) is 62.4 Å². The Balaban J connectivity index is 1.02. The molecule has 0 saturated carbocycles. The molecule has 3 aliphatic rings. The fraction of sp³-hybridized carbons (Fsp3) is 0.387. The number of nitrogens with zero attached hydrogens (tertiary/aromatic N) is 5. The number of carbonyl (C=O) groups is 2. The minimum Gasteiger partial charge on any atom is -0.444 e. The quantitative estimate of drug-likeness (QED) is 0.390. The van der Waals surface area contributed by atoms with Gasteiger partial charge in [-0.25, -0.2) is 24.5 Å². The van der Waals surface area contributed by atoms with E-state index in [0.717, 1.165) is 53.5 Å². The fourth-order valence-corrected chi connectivity index (χ4v) is 5.24. The van der Waals surface area contributed by atoms with Crippen LogP contribution in [0.3, 0.4) is 0 Å². The molecule has 3 aromatic rings. The third kappa shape index (κ3) is 6.86. The first-order chi connectivity index (χ1) is 20.7. The smallest absolute Gasteiger partial charge is 0.407 e. The molecule has 1 aromatic carbocycles. The number of aromatic nitrogens is 2. The number of hydrogen-bond acceptors (Lipinski definition) is 9. The molecule has 6 rings (SSSR count). The Labute approximate surface area is 250 Å². The Hall–Kier alpha value is -4.71. The summed E-state index contributed by atoms with van der Waals surface area (Å²) in [5, 5.41) is 8.54. The number of ether oxygens (including phenoxy) is 2. The van der Waals surface area contributed by atoms with Gasteiger partial charge in [-0.15, -0.1) is 0 Å². The van der Waals surface area contributed by atoms with E-state index < -0.39 is 17.7 Å². The highest BCUT2D eigenvalue weighted by atomic mass is 16.6. The van der Waals surface area contributed by atoms with Gasteiger partial charge in [0.1, 0.15) is 17.1 Å². The average Bonchev–Trinajstić information content (AvgIpc) is 3.39. The van der Waals surface area contributed by atoms with Crippen LogP contribution >= 0.6 is 0 Å². The first-order valence-electron chi connectivity index (χ1n) is 14.5. The molecule has 0 aliphatic carbocycles. The van der Waals surface area contributed by atoms with Gasteiger partial charge < -0.3 is 29.9 Å². The SMILES string of the molecule is CC(C)(C)OC(=O)NC1CN(c2ccnc(NC(=O)Nc3ccc(C4=Nc5c(ccnc5N5CCOCC5)C4)cc3)c2)C1. The summed E-state index contributed by atoms with van der Waals surface area (Å²) in [6, 6.07) is 13.0. The largest absolute Gasteiger partial charge is 0.444 e. The lowest BCUT2D eigenvalue weighted by atomic mass is 10.0. The van der Waals surface area contributed by atoms with E-state index in [0.29, 0.717) is 37.8 Å². The first kappa shape index (κ1) is 28.4. The van der Waals surface area contributed by atoms with Crippen molar-refractivity contribution in [3.8, 4) is 0 Å². The Bertz CT molecular complexity index is 1520. The minimum absolute atomic E-state index is 0.00135. The second kappa shape index (κ2) is 11.9. The molecule has 5 heterocycles. The van der Waals surface area contributed by atoms with Gasteiger partial charge in [0.25, 0.3) is 0 Å². The highest BCUT2D eigenvalue weighted by Gasteiger charge is 2.30. The molecule has 0 spiro atoms. The normalized spacial score (nSPS) is 16.6. The molecule has 0 bridgehead atoms. The number of alkyl carbamates (subject to hydrolysis) is 1. The lowest BCUT2D eigenvalue weighted by molar-refractivity contribution is 0.0496. The van der Waals surface area contributed by atoms with Gasteiger partial charge in [-0.05, 0) is 56.2 Å². The standard InChI is InChI=1S/C31H36N8O4/c1-31(2,3)43-30(41)35-23-18-39(19-23)24-9-11-32-26(17-24)37-29(40)34-22-6-4-20(5-7-22)25-16-21-8-10-33-28(27(21)36-25)38-12-14-42-15-13-38/h4-11,17,23H,12-16,18-19H2,1-3H3,(H,35,41)(H2,32,34,37,40). The average molecular weight is 585 g/mol. The Kier molecular flexibility index (Phi) is 7.85. The number of amides is 3. The van der Waals surface area contributed by atoms with Crippen molar-refractivity contribution in [2.24, 2.45) is 4.99 Å². The molecule has 12 heteroatoms. The second-order valence-corrected chi connectivity index (χ2v) is 11.8. The van der Waals surface area contributed by atoms with Crippen molar-refractivity contribution in [1.82, 2.24) is 15.3 Å². The summed E-state index contributed by atoms with van der Waals surface area (Å²) in [7, 11) is 0. The number of nitrogens with one attached hydrogen (secondary N) is 3. The molecule has 0 unspecified atom stereocenters. The lowest BCUT2D eigenvalue weighted by Gasteiger charge is -2.41. The Morgan fingerprint density at radius 2 is 1.70 bits per heavy atom. The predicted octanol–water partition coefficient (Wildman–Crippen LogP) is 4.35. The maximum absolute atomic E-state index is 12.7. The molecule has 3 N–H and O–H groups in total. The molecule has 224 valence electrons. The summed E-state index contributed by atoms with van der Waals surface area (Å²) in [5.74, 6) is 1.34.